The summed E-state index contributed by atoms with van der Waals surface area (Å²) in [7, 11) is -1.36. The average molecular weight is 454 g/mol. The number of hydrogen-bond donors (Lipinski definition) is 0. The average Bonchev–Trinajstić information content (AvgIpc) is 3.39. The molecule has 0 spiro atoms. The van der Waals surface area contributed by atoms with Gasteiger partial charge < -0.3 is 9.80 Å². The van der Waals surface area contributed by atoms with E-state index in [1.165, 1.54) is 35.5 Å². The summed E-state index contributed by atoms with van der Waals surface area (Å²) in [4.78, 5) is 33.7. The van der Waals surface area contributed by atoms with Crippen LogP contribution in [0.1, 0.15) is 72.8 Å². The van der Waals surface area contributed by atoms with E-state index in [-0.39, 0.29) is 35.3 Å². The number of carbonyl (C=O) groups excluding carboxylic acids is 2. The highest BCUT2D eigenvalue weighted by Crippen LogP contribution is 2.33. The Labute approximate surface area is 182 Å². The Balaban J connectivity index is 1.32. The molecule has 1 atom stereocenters. The molecule has 1 unspecified atom stereocenters. The van der Waals surface area contributed by atoms with Gasteiger partial charge in [0.2, 0.25) is 5.91 Å². The highest BCUT2D eigenvalue weighted by molar-refractivity contribution is 7.91. The molecule has 0 bridgehead atoms. The van der Waals surface area contributed by atoms with Gasteiger partial charge in [-0.15, -0.1) is 11.3 Å². The van der Waals surface area contributed by atoms with E-state index in [4.69, 9.17) is 0 Å². The van der Waals surface area contributed by atoms with Crippen LogP contribution in [-0.2, 0) is 14.6 Å². The van der Waals surface area contributed by atoms with Gasteiger partial charge in [-0.05, 0) is 32.1 Å². The number of hydrogen-bond acceptors (Lipinski definition) is 6. The molecule has 2 amide bonds. The highest BCUT2D eigenvalue weighted by atomic mass is 32.2. The fourth-order valence-corrected chi connectivity index (χ4v) is 7.69. The van der Waals surface area contributed by atoms with Crippen molar-refractivity contribution in [3.05, 3.63) is 16.1 Å². The summed E-state index contributed by atoms with van der Waals surface area (Å²) in [5, 5.41) is 2.74. The van der Waals surface area contributed by atoms with E-state index < -0.39 is 9.84 Å². The molecule has 0 radical (unpaired) electrons. The zero-order valence-corrected chi connectivity index (χ0v) is 19.2. The summed E-state index contributed by atoms with van der Waals surface area (Å²) in [6, 6.07) is -0.262. The molecule has 1 saturated carbocycles. The van der Waals surface area contributed by atoms with Gasteiger partial charge in [0.05, 0.1) is 16.5 Å². The number of sulfone groups is 1. The summed E-state index contributed by atoms with van der Waals surface area (Å²) >= 11 is 1.50. The fourth-order valence-electron chi connectivity index (χ4n) is 4.96. The molecule has 3 fully saturated rings. The quantitative estimate of drug-likeness (QED) is 0.699. The maximum Gasteiger partial charge on any atom is 0.273 e. The second-order valence-electron chi connectivity index (χ2n) is 8.98. The van der Waals surface area contributed by atoms with Crippen molar-refractivity contribution in [2.75, 3.05) is 31.6 Å². The van der Waals surface area contributed by atoms with Crippen LogP contribution in [-0.4, -0.2) is 72.7 Å². The summed E-state index contributed by atoms with van der Waals surface area (Å²) < 4.78 is 23.4. The third-order valence-electron chi connectivity index (χ3n) is 6.93. The Kier molecular flexibility index (Phi) is 6.48. The van der Waals surface area contributed by atoms with Gasteiger partial charge >= 0.3 is 0 Å². The van der Waals surface area contributed by atoms with Crippen molar-refractivity contribution in [1.82, 2.24) is 14.8 Å². The summed E-state index contributed by atoms with van der Waals surface area (Å²) in [5.74, 6) is 0.814. The third kappa shape index (κ3) is 4.72. The monoisotopic (exact) mass is 453 g/mol. The van der Waals surface area contributed by atoms with Crippen molar-refractivity contribution in [2.24, 2.45) is 5.92 Å². The van der Waals surface area contributed by atoms with Crippen LogP contribution in [0.15, 0.2) is 5.38 Å². The van der Waals surface area contributed by atoms with Gasteiger partial charge in [0, 0.05) is 43.4 Å². The molecule has 0 N–H and O–H groups in total. The van der Waals surface area contributed by atoms with Crippen LogP contribution in [0.5, 0.6) is 0 Å². The number of aromatic nitrogens is 1. The smallest absolute Gasteiger partial charge is 0.273 e. The number of carbonyl (C=O) groups is 2. The van der Waals surface area contributed by atoms with Crippen LogP contribution >= 0.6 is 11.3 Å². The van der Waals surface area contributed by atoms with Crippen molar-refractivity contribution in [1.29, 1.82) is 0 Å². The molecular weight excluding hydrogens is 422 g/mol. The number of nitrogens with zero attached hydrogens (tertiary/aromatic N) is 3. The molecule has 2 aliphatic heterocycles. The normalized spacial score (nSPS) is 25.4. The largest absolute Gasteiger partial charge is 0.342 e. The molecule has 1 aromatic rings. The minimum Gasteiger partial charge on any atom is -0.342 e. The number of thiazole rings is 1. The molecule has 1 aliphatic carbocycles. The van der Waals surface area contributed by atoms with E-state index in [2.05, 4.69) is 4.98 Å². The highest BCUT2D eigenvalue weighted by Gasteiger charge is 2.34. The standard InChI is InChI=1S/C21H31N3O4S2/c1-23(17-9-12-30(27,28)14-17)21(26)18-13-29-19(22-18)15-7-10-24(11-8-15)20(25)16-5-3-2-4-6-16/h13,15-17H,2-12,14H2,1H3. The van der Waals surface area contributed by atoms with Crippen LogP contribution in [0.3, 0.4) is 0 Å². The third-order valence-corrected chi connectivity index (χ3v) is 9.69. The number of likely N-dealkylation sites (tertiary alicyclic amines) is 1. The predicted octanol–water partition coefficient (Wildman–Crippen LogP) is 2.69. The van der Waals surface area contributed by atoms with Gasteiger partial charge in [0.25, 0.3) is 5.91 Å². The summed E-state index contributed by atoms with van der Waals surface area (Å²) in [5.41, 5.74) is 0.405. The molecule has 4 rings (SSSR count). The maximum atomic E-state index is 12.8. The molecule has 7 nitrogen and oxygen atoms in total. The molecule has 1 aromatic heterocycles. The van der Waals surface area contributed by atoms with Gasteiger partial charge in [-0.25, -0.2) is 13.4 Å². The number of amides is 2. The van der Waals surface area contributed by atoms with E-state index in [1.807, 2.05) is 4.90 Å². The number of piperidine rings is 1. The van der Waals surface area contributed by atoms with Crippen LogP contribution in [0.4, 0.5) is 0 Å². The molecule has 0 aromatic carbocycles. The Bertz CT molecular complexity index is 884. The first-order valence-corrected chi connectivity index (χ1v) is 13.8. The summed E-state index contributed by atoms with van der Waals surface area (Å²) in [6.07, 6.45) is 7.93. The lowest BCUT2D eigenvalue weighted by Crippen LogP contribution is -2.41. The van der Waals surface area contributed by atoms with E-state index in [0.717, 1.165) is 43.8 Å². The van der Waals surface area contributed by atoms with E-state index >= 15 is 0 Å². The lowest BCUT2D eigenvalue weighted by molar-refractivity contribution is -0.137. The van der Waals surface area contributed by atoms with Gasteiger partial charge in [0.15, 0.2) is 9.84 Å². The van der Waals surface area contributed by atoms with Crippen molar-refractivity contribution >= 4 is 33.0 Å². The Morgan fingerprint density at radius 3 is 2.43 bits per heavy atom. The topological polar surface area (TPSA) is 87.7 Å². The van der Waals surface area contributed by atoms with E-state index in [0.29, 0.717) is 18.0 Å². The first-order valence-electron chi connectivity index (χ1n) is 11.1. The SMILES string of the molecule is CN(C(=O)c1csc(C2CCN(C(=O)C3CCCCC3)CC2)n1)C1CCS(=O)(=O)C1. The van der Waals surface area contributed by atoms with Crippen LogP contribution in [0.2, 0.25) is 0 Å². The second-order valence-corrected chi connectivity index (χ2v) is 12.1. The lowest BCUT2D eigenvalue weighted by atomic mass is 9.87. The first-order chi connectivity index (χ1) is 14.3. The molecule has 30 heavy (non-hydrogen) atoms. The number of rotatable bonds is 4. The predicted molar refractivity (Wildman–Crippen MR) is 116 cm³/mol. The Morgan fingerprint density at radius 1 is 1.10 bits per heavy atom. The Hall–Kier alpha value is -1.48. The first kappa shape index (κ1) is 21.7. The van der Waals surface area contributed by atoms with Crippen molar-refractivity contribution in [3.8, 4) is 0 Å². The maximum absolute atomic E-state index is 12.8. The van der Waals surface area contributed by atoms with Crippen molar-refractivity contribution < 1.29 is 18.0 Å². The van der Waals surface area contributed by atoms with E-state index in [9.17, 15) is 18.0 Å². The van der Waals surface area contributed by atoms with Crippen molar-refractivity contribution in [2.45, 2.75) is 63.3 Å². The molecule has 166 valence electrons. The van der Waals surface area contributed by atoms with Crippen molar-refractivity contribution in [3.63, 3.8) is 0 Å². The molecule has 3 aliphatic rings. The zero-order chi connectivity index (χ0) is 21.3. The van der Waals surface area contributed by atoms with Gasteiger partial charge in [-0.2, -0.15) is 0 Å². The molecule has 3 heterocycles. The fraction of sp³-hybridized carbons (Fsp3) is 0.762. The van der Waals surface area contributed by atoms with Gasteiger partial charge in [-0.3, -0.25) is 9.59 Å². The minimum atomic E-state index is -3.03. The van der Waals surface area contributed by atoms with Gasteiger partial charge in [-0.1, -0.05) is 19.3 Å². The molecule has 2 saturated heterocycles. The van der Waals surface area contributed by atoms with E-state index in [1.54, 1.807) is 12.4 Å². The minimum absolute atomic E-state index is 0.0414. The van der Waals surface area contributed by atoms with Crippen LogP contribution in [0.25, 0.3) is 0 Å². The Morgan fingerprint density at radius 2 is 1.80 bits per heavy atom. The molecular formula is C21H31N3O4S2. The second kappa shape index (κ2) is 8.94. The zero-order valence-electron chi connectivity index (χ0n) is 17.6. The van der Waals surface area contributed by atoms with Crippen LogP contribution in [0, 0.1) is 5.92 Å². The van der Waals surface area contributed by atoms with Crippen LogP contribution < -0.4 is 0 Å². The summed E-state index contributed by atoms with van der Waals surface area (Å²) in [6.45, 7) is 1.53. The lowest BCUT2D eigenvalue weighted by Gasteiger charge is -2.34. The van der Waals surface area contributed by atoms with Gasteiger partial charge in [0.1, 0.15) is 5.69 Å². The molecule has 9 heteroatoms.